The molecule has 0 atom stereocenters. The first-order valence-electron chi connectivity index (χ1n) is 5.18. The van der Waals surface area contributed by atoms with Gasteiger partial charge in [0.1, 0.15) is 0 Å². The second-order valence-corrected chi connectivity index (χ2v) is 5.42. The summed E-state index contributed by atoms with van der Waals surface area (Å²) in [6.07, 6.45) is 0.561. The fraction of sp³-hybridized carbons (Fsp3) is 0.500. The SMILES string of the molecule is COc1c(CC(C)(C)N)cc(Br)c(F)c1OC. The molecular weight excluding hydrogens is 289 g/mol. The normalized spacial score (nSPS) is 11.5. The third-order valence-electron chi connectivity index (χ3n) is 2.26. The molecule has 0 aromatic heterocycles. The number of halogens is 2. The van der Waals surface area contributed by atoms with Crippen LogP contribution in [0.25, 0.3) is 0 Å². The average molecular weight is 306 g/mol. The Kier molecular flexibility index (Phi) is 4.38. The van der Waals surface area contributed by atoms with E-state index in [1.807, 2.05) is 13.8 Å². The van der Waals surface area contributed by atoms with Crippen LogP contribution >= 0.6 is 15.9 Å². The summed E-state index contributed by atoms with van der Waals surface area (Å²) in [5.41, 5.74) is 6.37. The molecule has 0 spiro atoms. The summed E-state index contributed by atoms with van der Waals surface area (Å²) < 4.78 is 24.4. The van der Waals surface area contributed by atoms with Crippen LogP contribution in [-0.4, -0.2) is 19.8 Å². The van der Waals surface area contributed by atoms with Gasteiger partial charge in [0.15, 0.2) is 17.3 Å². The van der Waals surface area contributed by atoms with Gasteiger partial charge in [-0.15, -0.1) is 0 Å². The van der Waals surface area contributed by atoms with Crippen molar-refractivity contribution in [3.8, 4) is 11.5 Å². The number of rotatable bonds is 4. The minimum atomic E-state index is -0.470. The summed E-state index contributed by atoms with van der Waals surface area (Å²) in [7, 11) is 2.89. The van der Waals surface area contributed by atoms with E-state index in [9.17, 15) is 4.39 Å². The van der Waals surface area contributed by atoms with Gasteiger partial charge in [-0.1, -0.05) is 0 Å². The topological polar surface area (TPSA) is 44.5 Å². The van der Waals surface area contributed by atoms with Crippen LogP contribution in [0.1, 0.15) is 19.4 Å². The molecule has 0 heterocycles. The zero-order valence-electron chi connectivity index (χ0n) is 10.4. The van der Waals surface area contributed by atoms with Crippen molar-refractivity contribution in [2.45, 2.75) is 25.8 Å². The van der Waals surface area contributed by atoms with E-state index in [0.717, 1.165) is 5.56 Å². The minimum Gasteiger partial charge on any atom is -0.492 e. The maximum Gasteiger partial charge on any atom is 0.198 e. The Morgan fingerprint density at radius 2 is 1.82 bits per heavy atom. The number of hydrogen-bond acceptors (Lipinski definition) is 3. The van der Waals surface area contributed by atoms with Crippen molar-refractivity contribution in [1.82, 2.24) is 0 Å². The molecule has 1 aromatic rings. The molecule has 0 amide bonds. The van der Waals surface area contributed by atoms with Crippen LogP contribution in [0.2, 0.25) is 0 Å². The van der Waals surface area contributed by atoms with Crippen LogP contribution in [0.4, 0.5) is 4.39 Å². The van der Waals surface area contributed by atoms with Gasteiger partial charge in [0.2, 0.25) is 0 Å². The molecule has 1 rings (SSSR count). The van der Waals surface area contributed by atoms with Crippen LogP contribution in [0.15, 0.2) is 10.5 Å². The Bertz CT molecular complexity index is 416. The highest BCUT2D eigenvalue weighted by molar-refractivity contribution is 9.10. The summed E-state index contributed by atoms with van der Waals surface area (Å²) in [5.74, 6) is 0.0239. The molecule has 96 valence electrons. The van der Waals surface area contributed by atoms with E-state index in [1.54, 1.807) is 6.07 Å². The van der Waals surface area contributed by atoms with Crippen LogP contribution in [0.5, 0.6) is 11.5 Å². The zero-order valence-corrected chi connectivity index (χ0v) is 12.0. The first kappa shape index (κ1) is 14.3. The van der Waals surface area contributed by atoms with Crippen molar-refractivity contribution in [3.05, 3.63) is 21.9 Å². The molecule has 0 fully saturated rings. The van der Waals surface area contributed by atoms with Gasteiger partial charge in [0, 0.05) is 11.1 Å². The fourth-order valence-corrected chi connectivity index (χ4v) is 2.12. The van der Waals surface area contributed by atoms with Crippen molar-refractivity contribution >= 4 is 15.9 Å². The number of methoxy groups -OCH3 is 2. The van der Waals surface area contributed by atoms with Crippen LogP contribution in [-0.2, 0) is 6.42 Å². The lowest BCUT2D eigenvalue weighted by Crippen LogP contribution is -2.34. The summed E-state index contributed by atoms with van der Waals surface area (Å²) in [6.45, 7) is 3.80. The van der Waals surface area contributed by atoms with Crippen molar-refractivity contribution < 1.29 is 13.9 Å². The van der Waals surface area contributed by atoms with Crippen molar-refractivity contribution in [2.75, 3.05) is 14.2 Å². The lowest BCUT2D eigenvalue weighted by atomic mass is 9.95. The Morgan fingerprint density at radius 3 is 2.24 bits per heavy atom. The van der Waals surface area contributed by atoms with Gasteiger partial charge in [-0.3, -0.25) is 0 Å². The summed E-state index contributed by atoms with van der Waals surface area (Å²) in [4.78, 5) is 0. The quantitative estimate of drug-likeness (QED) is 0.930. The summed E-state index contributed by atoms with van der Waals surface area (Å²) in [5, 5.41) is 0. The van der Waals surface area contributed by atoms with Crippen molar-refractivity contribution in [1.29, 1.82) is 0 Å². The Balaban J connectivity index is 3.34. The Morgan fingerprint density at radius 1 is 1.29 bits per heavy atom. The predicted molar refractivity (Wildman–Crippen MR) is 69.2 cm³/mol. The molecule has 0 aliphatic rings. The molecule has 0 radical (unpaired) electrons. The highest BCUT2D eigenvalue weighted by Gasteiger charge is 2.22. The van der Waals surface area contributed by atoms with E-state index in [4.69, 9.17) is 15.2 Å². The molecule has 2 N–H and O–H groups in total. The van der Waals surface area contributed by atoms with Crippen LogP contribution in [0.3, 0.4) is 0 Å². The number of ether oxygens (including phenoxy) is 2. The van der Waals surface area contributed by atoms with Crippen molar-refractivity contribution in [2.24, 2.45) is 5.73 Å². The summed E-state index contributed by atoms with van der Waals surface area (Å²) >= 11 is 3.16. The van der Waals surface area contributed by atoms with Gasteiger partial charge in [-0.2, -0.15) is 0 Å². The molecular formula is C12H17BrFNO2. The maximum atomic E-state index is 13.8. The number of benzene rings is 1. The molecule has 0 saturated heterocycles. The smallest absolute Gasteiger partial charge is 0.198 e. The third kappa shape index (κ3) is 3.33. The highest BCUT2D eigenvalue weighted by atomic mass is 79.9. The van der Waals surface area contributed by atoms with Gasteiger partial charge in [-0.05, 0) is 42.3 Å². The monoisotopic (exact) mass is 305 g/mol. The second-order valence-electron chi connectivity index (χ2n) is 4.56. The molecule has 0 aliphatic heterocycles. The zero-order chi connectivity index (χ0) is 13.2. The van der Waals surface area contributed by atoms with E-state index in [2.05, 4.69) is 15.9 Å². The van der Waals surface area contributed by atoms with E-state index < -0.39 is 11.4 Å². The first-order chi connectivity index (χ1) is 7.80. The van der Waals surface area contributed by atoms with Gasteiger partial charge in [0.05, 0.1) is 18.7 Å². The number of nitrogens with two attached hydrogens (primary N) is 1. The largest absolute Gasteiger partial charge is 0.492 e. The van der Waals surface area contributed by atoms with Crippen molar-refractivity contribution in [3.63, 3.8) is 0 Å². The van der Waals surface area contributed by atoms with Crippen LogP contribution < -0.4 is 15.2 Å². The Hall–Kier alpha value is -0.810. The van der Waals surface area contributed by atoms with Gasteiger partial charge >= 0.3 is 0 Å². The van der Waals surface area contributed by atoms with Gasteiger partial charge in [0.25, 0.3) is 0 Å². The minimum absolute atomic E-state index is 0.0983. The van der Waals surface area contributed by atoms with Gasteiger partial charge < -0.3 is 15.2 Å². The van der Waals surface area contributed by atoms with Gasteiger partial charge in [-0.25, -0.2) is 4.39 Å². The van der Waals surface area contributed by atoms with E-state index in [-0.39, 0.29) is 5.75 Å². The van der Waals surface area contributed by atoms with E-state index in [1.165, 1.54) is 14.2 Å². The molecule has 0 unspecified atom stereocenters. The highest BCUT2D eigenvalue weighted by Crippen LogP contribution is 2.39. The van der Waals surface area contributed by atoms with Crippen LogP contribution in [0, 0.1) is 5.82 Å². The number of hydrogen-bond donors (Lipinski definition) is 1. The lowest BCUT2D eigenvalue weighted by molar-refractivity contribution is 0.331. The van der Waals surface area contributed by atoms with E-state index in [0.29, 0.717) is 16.6 Å². The predicted octanol–water partition coefficient (Wildman–Crippen LogP) is 2.89. The lowest BCUT2D eigenvalue weighted by Gasteiger charge is -2.21. The molecule has 0 bridgehead atoms. The summed E-state index contributed by atoms with van der Waals surface area (Å²) in [6, 6.07) is 1.67. The third-order valence-corrected chi connectivity index (χ3v) is 2.84. The first-order valence-corrected chi connectivity index (χ1v) is 5.97. The Labute approximate surface area is 109 Å². The molecule has 0 aliphatic carbocycles. The molecule has 0 saturated carbocycles. The molecule has 5 heteroatoms. The second kappa shape index (κ2) is 5.23. The molecule has 3 nitrogen and oxygen atoms in total. The average Bonchev–Trinajstić information content (AvgIpc) is 2.20. The van der Waals surface area contributed by atoms with E-state index >= 15 is 0 Å². The maximum absolute atomic E-state index is 13.8. The molecule has 17 heavy (non-hydrogen) atoms. The standard InChI is InChI=1S/C12H17BrFNO2/c1-12(2,15)6-7-5-8(13)9(14)11(17-4)10(7)16-3/h5H,6,15H2,1-4H3. The molecule has 1 aromatic carbocycles. The fourth-order valence-electron chi connectivity index (χ4n) is 1.66.